The molecule has 2 heterocycles. The first-order valence-corrected chi connectivity index (χ1v) is 8.02. The fraction of sp³-hybridized carbons (Fsp3) is 0.125. The topological polar surface area (TPSA) is 46.9 Å². The molecule has 1 aliphatic rings. The van der Waals surface area contributed by atoms with Gasteiger partial charge < -0.3 is 5.32 Å². The van der Waals surface area contributed by atoms with Crippen LogP contribution in [0.2, 0.25) is 5.02 Å². The van der Waals surface area contributed by atoms with Gasteiger partial charge in [0.15, 0.2) is 0 Å². The molecule has 0 spiro atoms. The van der Waals surface area contributed by atoms with Crippen LogP contribution < -0.4 is 5.32 Å². The first kappa shape index (κ1) is 13.8. The lowest BCUT2D eigenvalue weighted by atomic mass is 10.1. The van der Waals surface area contributed by atoms with E-state index in [1.54, 1.807) is 16.7 Å². The second-order valence-corrected chi connectivity index (χ2v) is 6.62. The third-order valence-electron chi connectivity index (χ3n) is 3.81. The Morgan fingerprint density at radius 3 is 2.77 bits per heavy atom. The first-order valence-electron chi connectivity index (χ1n) is 6.85. The summed E-state index contributed by atoms with van der Waals surface area (Å²) < 4.78 is 2.67. The summed E-state index contributed by atoms with van der Waals surface area (Å²) in [7, 11) is 0. The zero-order valence-electron chi connectivity index (χ0n) is 11.4. The Hall–Kier alpha value is -1.85. The lowest BCUT2D eigenvalue weighted by Crippen LogP contribution is -2.22. The standard InChI is InChI=1S/C16H11BrClN3O/c17-10-3-1-9(2-4-10)7-13-15-19-12-8-11(18)5-6-14(12)21(15)16(22)20-13/h1-6,8,13H,7H2,(H,20,22)/t13-/m1/s1. The van der Waals surface area contributed by atoms with E-state index in [0.717, 1.165) is 26.9 Å². The molecule has 0 aliphatic carbocycles. The van der Waals surface area contributed by atoms with E-state index in [9.17, 15) is 4.79 Å². The normalized spacial score (nSPS) is 16.8. The molecule has 3 aromatic rings. The second-order valence-electron chi connectivity index (χ2n) is 5.27. The van der Waals surface area contributed by atoms with Crippen LogP contribution in [0.3, 0.4) is 0 Å². The summed E-state index contributed by atoms with van der Waals surface area (Å²) >= 11 is 9.43. The zero-order valence-corrected chi connectivity index (χ0v) is 13.7. The van der Waals surface area contributed by atoms with E-state index in [2.05, 4.69) is 26.2 Å². The highest BCUT2D eigenvalue weighted by Gasteiger charge is 2.32. The van der Waals surface area contributed by atoms with Crippen molar-refractivity contribution in [1.29, 1.82) is 0 Å². The quantitative estimate of drug-likeness (QED) is 0.724. The molecule has 1 amide bonds. The summed E-state index contributed by atoms with van der Waals surface area (Å²) in [5, 5.41) is 3.61. The van der Waals surface area contributed by atoms with Crippen LogP contribution in [0, 0.1) is 0 Å². The molecule has 6 heteroatoms. The average molecular weight is 377 g/mol. The molecule has 0 saturated carbocycles. The van der Waals surface area contributed by atoms with Gasteiger partial charge in [0.2, 0.25) is 0 Å². The van der Waals surface area contributed by atoms with Gasteiger partial charge in [-0.1, -0.05) is 39.7 Å². The summed E-state index contributed by atoms with van der Waals surface area (Å²) in [6.07, 6.45) is 0.704. The van der Waals surface area contributed by atoms with Crippen molar-refractivity contribution >= 4 is 44.6 Å². The van der Waals surface area contributed by atoms with Crippen LogP contribution in [-0.4, -0.2) is 15.6 Å². The number of benzene rings is 2. The van der Waals surface area contributed by atoms with Crippen LogP contribution in [-0.2, 0) is 6.42 Å². The summed E-state index contributed by atoms with van der Waals surface area (Å²) in [6.45, 7) is 0. The van der Waals surface area contributed by atoms with Crippen LogP contribution in [0.5, 0.6) is 0 Å². The van der Waals surface area contributed by atoms with Crippen LogP contribution >= 0.6 is 27.5 Å². The summed E-state index contributed by atoms with van der Waals surface area (Å²) in [4.78, 5) is 16.8. The number of nitrogens with one attached hydrogen (secondary N) is 1. The molecule has 110 valence electrons. The zero-order chi connectivity index (χ0) is 15.3. The van der Waals surface area contributed by atoms with Gasteiger partial charge >= 0.3 is 6.03 Å². The van der Waals surface area contributed by atoms with Crippen molar-refractivity contribution in [3.05, 3.63) is 63.3 Å². The second kappa shape index (κ2) is 5.11. The molecule has 4 nitrogen and oxygen atoms in total. The van der Waals surface area contributed by atoms with E-state index in [1.165, 1.54) is 0 Å². The molecule has 2 aromatic carbocycles. The van der Waals surface area contributed by atoms with Crippen LogP contribution in [0.1, 0.15) is 17.4 Å². The Kier molecular flexibility index (Phi) is 3.20. The van der Waals surface area contributed by atoms with Gasteiger partial charge in [-0.15, -0.1) is 0 Å². The van der Waals surface area contributed by atoms with Crippen molar-refractivity contribution in [2.24, 2.45) is 0 Å². The minimum Gasteiger partial charge on any atom is -0.327 e. The first-order chi connectivity index (χ1) is 10.6. The molecule has 0 unspecified atom stereocenters. The van der Waals surface area contributed by atoms with Crippen molar-refractivity contribution in [3.63, 3.8) is 0 Å². The third-order valence-corrected chi connectivity index (χ3v) is 4.57. The molecule has 1 aromatic heterocycles. The maximum atomic E-state index is 12.3. The predicted molar refractivity (Wildman–Crippen MR) is 89.3 cm³/mol. The predicted octanol–water partition coefficient (Wildman–Crippen LogP) is 4.31. The van der Waals surface area contributed by atoms with Gasteiger partial charge in [0.1, 0.15) is 5.82 Å². The molecular formula is C16H11BrClN3O. The van der Waals surface area contributed by atoms with Crippen LogP contribution in [0.4, 0.5) is 4.79 Å². The van der Waals surface area contributed by atoms with Gasteiger partial charge in [-0.2, -0.15) is 0 Å². The molecule has 4 rings (SSSR count). The number of fused-ring (bicyclic) bond motifs is 3. The van der Waals surface area contributed by atoms with Crippen molar-refractivity contribution in [2.45, 2.75) is 12.5 Å². The third kappa shape index (κ3) is 2.21. The Morgan fingerprint density at radius 2 is 2.00 bits per heavy atom. The number of aromatic nitrogens is 2. The van der Waals surface area contributed by atoms with Crippen molar-refractivity contribution in [1.82, 2.24) is 14.9 Å². The molecule has 1 aliphatic heterocycles. The fourth-order valence-electron chi connectivity index (χ4n) is 2.80. The number of nitrogens with zero attached hydrogens (tertiary/aromatic N) is 2. The van der Waals surface area contributed by atoms with Gasteiger partial charge in [-0.25, -0.2) is 14.3 Å². The summed E-state index contributed by atoms with van der Waals surface area (Å²) in [5.41, 5.74) is 2.68. The van der Waals surface area contributed by atoms with Crippen molar-refractivity contribution in [2.75, 3.05) is 0 Å². The lowest BCUT2D eigenvalue weighted by Gasteiger charge is -2.09. The fourth-order valence-corrected chi connectivity index (χ4v) is 3.23. The number of carbonyl (C=O) groups is 1. The molecule has 0 saturated heterocycles. The number of rotatable bonds is 2. The number of carbonyl (C=O) groups excluding carboxylic acids is 1. The minimum absolute atomic E-state index is 0.125. The van der Waals surface area contributed by atoms with Crippen LogP contribution in [0.25, 0.3) is 11.0 Å². The molecular weight excluding hydrogens is 366 g/mol. The highest BCUT2D eigenvalue weighted by atomic mass is 79.9. The van der Waals surface area contributed by atoms with Gasteiger partial charge in [-0.3, -0.25) is 0 Å². The number of imidazole rings is 1. The molecule has 0 fully saturated rings. The van der Waals surface area contributed by atoms with E-state index >= 15 is 0 Å². The highest BCUT2D eigenvalue weighted by Crippen LogP contribution is 2.29. The lowest BCUT2D eigenvalue weighted by molar-refractivity contribution is 0.245. The van der Waals surface area contributed by atoms with Gasteiger partial charge in [-0.05, 0) is 42.3 Å². The smallest absolute Gasteiger partial charge is 0.327 e. The summed E-state index contributed by atoms with van der Waals surface area (Å²) in [5.74, 6) is 0.741. The average Bonchev–Trinajstić information content (AvgIpc) is 3.00. The Balaban J connectivity index is 1.75. The number of hydrogen-bond acceptors (Lipinski definition) is 2. The van der Waals surface area contributed by atoms with Gasteiger partial charge in [0.05, 0.1) is 17.1 Å². The maximum absolute atomic E-state index is 12.3. The van der Waals surface area contributed by atoms with Crippen LogP contribution in [0.15, 0.2) is 46.9 Å². The highest BCUT2D eigenvalue weighted by molar-refractivity contribution is 9.10. The maximum Gasteiger partial charge on any atom is 0.328 e. The molecule has 1 N–H and O–H groups in total. The number of hydrogen-bond donors (Lipinski definition) is 1. The van der Waals surface area contributed by atoms with Crippen molar-refractivity contribution in [3.8, 4) is 0 Å². The van der Waals surface area contributed by atoms with E-state index in [-0.39, 0.29) is 12.1 Å². The van der Waals surface area contributed by atoms with Crippen molar-refractivity contribution < 1.29 is 4.79 Å². The van der Waals surface area contributed by atoms with E-state index in [4.69, 9.17) is 11.6 Å². The molecule has 22 heavy (non-hydrogen) atoms. The van der Waals surface area contributed by atoms with Gasteiger partial charge in [0, 0.05) is 9.50 Å². The SMILES string of the molecule is O=C1N[C@H](Cc2ccc(Br)cc2)c2nc3cc(Cl)ccc3n21. The Labute approximate surface area is 140 Å². The summed E-state index contributed by atoms with van der Waals surface area (Å²) in [6, 6.07) is 13.2. The monoisotopic (exact) mass is 375 g/mol. The number of amides is 1. The van der Waals surface area contributed by atoms with E-state index in [1.807, 2.05) is 30.3 Å². The van der Waals surface area contributed by atoms with E-state index in [0.29, 0.717) is 11.4 Å². The van der Waals surface area contributed by atoms with Gasteiger partial charge in [0.25, 0.3) is 0 Å². The molecule has 0 radical (unpaired) electrons. The van der Waals surface area contributed by atoms with E-state index < -0.39 is 0 Å². The minimum atomic E-state index is -0.137. The molecule has 1 atom stereocenters. The number of halogens is 2. The molecule has 0 bridgehead atoms. The Bertz CT molecular complexity index is 888. The largest absolute Gasteiger partial charge is 0.328 e. The Morgan fingerprint density at radius 1 is 1.23 bits per heavy atom.